The topological polar surface area (TPSA) is 60.2 Å². The maximum absolute atomic E-state index is 11.4. The van der Waals surface area contributed by atoms with Crippen LogP contribution >= 0.6 is 12.6 Å². The first-order chi connectivity index (χ1) is 8.00. The van der Waals surface area contributed by atoms with E-state index < -0.39 is 10.0 Å². The lowest BCUT2D eigenvalue weighted by molar-refractivity contribution is 0.596. The lowest BCUT2D eigenvalue weighted by atomic mass is 10.1. The van der Waals surface area contributed by atoms with Gasteiger partial charge in [0.15, 0.2) is 0 Å². The van der Waals surface area contributed by atoms with Gasteiger partial charge in [-0.15, -0.1) is 12.6 Å². The van der Waals surface area contributed by atoms with Gasteiger partial charge in [-0.3, -0.25) is 0 Å². The van der Waals surface area contributed by atoms with Gasteiger partial charge in [0, 0.05) is 4.90 Å². The van der Waals surface area contributed by atoms with Crippen molar-refractivity contribution in [1.29, 1.82) is 0 Å². The minimum absolute atomic E-state index is 0.0437. The Morgan fingerprint density at radius 2 is 1.59 bits per heavy atom. The average molecular weight is 265 g/mol. The fraction of sp³-hybridized carbons (Fsp3) is 0. The van der Waals surface area contributed by atoms with Crippen LogP contribution in [0.1, 0.15) is 0 Å². The fourth-order valence-electron chi connectivity index (χ4n) is 1.60. The molecule has 0 bridgehead atoms. The third kappa shape index (κ3) is 2.52. The predicted molar refractivity (Wildman–Crippen MR) is 70.5 cm³/mol. The van der Waals surface area contributed by atoms with Crippen molar-refractivity contribution < 1.29 is 8.42 Å². The Bertz CT molecular complexity index is 637. The first-order valence-corrected chi connectivity index (χ1v) is 6.90. The molecule has 0 unspecified atom stereocenters. The molecule has 0 radical (unpaired) electrons. The first kappa shape index (κ1) is 12.2. The molecule has 0 saturated carbocycles. The molecule has 2 N–H and O–H groups in total. The van der Waals surface area contributed by atoms with Gasteiger partial charge in [-0.1, -0.05) is 42.5 Å². The van der Waals surface area contributed by atoms with Crippen LogP contribution in [-0.2, 0) is 10.0 Å². The van der Waals surface area contributed by atoms with Crippen molar-refractivity contribution in [3.63, 3.8) is 0 Å². The zero-order valence-corrected chi connectivity index (χ0v) is 10.6. The second kappa shape index (κ2) is 4.52. The number of sulfonamides is 1. The van der Waals surface area contributed by atoms with Crippen LogP contribution in [0.3, 0.4) is 0 Å². The molecule has 88 valence electrons. The Hall–Kier alpha value is -1.30. The number of primary sulfonamides is 1. The summed E-state index contributed by atoms with van der Waals surface area (Å²) >= 11 is 4.26. The van der Waals surface area contributed by atoms with Gasteiger partial charge in [0.25, 0.3) is 0 Å². The minimum atomic E-state index is -3.74. The molecular weight excluding hydrogens is 254 g/mol. The zero-order chi connectivity index (χ0) is 12.5. The summed E-state index contributed by atoms with van der Waals surface area (Å²) < 4.78 is 22.7. The van der Waals surface area contributed by atoms with Crippen LogP contribution in [0.2, 0.25) is 0 Å². The van der Waals surface area contributed by atoms with Crippen molar-refractivity contribution in [1.82, 2.24) is 0 Å². The van der Waals surface area contributed by atoms with Crippen LogP contribution in [-0.4, -0.2) is 8.42 Å². The van der Waals surface area contributed by atoms with E-state index in [4.69, 9.17) is 5.14 Å². The summed E-state index contributed by atoms with van der Waals surface area (Å²) in [6.07, 6.45) is 0. The number of hydrogen-bond acceptors (Lipinski definition) is 3. The van der Waals surface area contributed by atoms with Gasteiger partial charge in [-0.2, -0.15) is 0 Å². The average Bonchev–Trinajstić information content (AvgIpc) is 2.29. The molecule has 5 heteroatoms. The number of nitrogens with two attached hydrogens (primary N) is 1. The molecule has 0 aliphatic carbocycles. The highest BCUT2D eigenvalue weighted by molar-refractivity contribution is 7.90. The van der Waals surface area contributed by atoms with Gasteiger partial charge in [-0.25, -0.2) is 13.6 Å². The number of rotatable bonds is 2. The highest BCUT2D eigenvalue weighted by Crippen LogP contribution is 2.30. The standard InChI is InChI=1S/C12H11NO2S2/c13-17(14,15)11-8-4-7-10(12(11)16)9-5-2-1-3-6-9/h1-8,16H,(H2,13,14,15). The Labute approximate surface area is 106 Å². The molecule has 0 heterocycles. The maximum Gasteiger partial charge on any atom is 0.239 e. The van der Waals surface area contributed by atoms with Crippen LogP contribution in [0.4, 0.5) is 0 Å². The summed E-state index contributed by atoms with van der Waals surface area (Å²) in [7, 11) is -3.74. The SMILES string of the molecule is NS(=O)(=O)c1cccc(-c2ccccc2)c1S. The van der Waals surface area contributed by atoms with Crippen molar-refractivity contribution in [2.75, 3.05) is 0 Å². The molecule has 0 aliphatic heterocycles. The lowest BCUT2D eigenvalue weighted by Crippen LogP contribution is -2.13. The number of benzene rings is 2. The van der Waals surface area contributed by atoms with Crippen LogP contribution in [0.25, 0.3) is 11.1 Å². The molecule has 0 fully saturated rings. The Kier molecular flexibility index (Phi) is 3.24. The van der Waals surface area contributed by atoms with E-state index in [0.29, 0.717) is 4.90 Å². The molecule has 0 aliphatic rings. The maximum atomic E-state index is 11.4. The fourth-order valence-corrected chi connectivity index (χ4v) is 2.91. The van der Waals surface area contributed by atoms with Crippen molar-refractivity contribution in [3.8, 4) is 11.1 Å². The smallest absolute Gasteiger partial charge is 0.225 e. The third-order valence-corrected chi connectivity index (χ3v) is 3.98. The van der Waals surface area contributed by atoms with E-state index in [0.717, 1.165) is 11.1 Å². The second-order valence-corrected chi connectivity index (χ2v) is 5.54. The largest absolute Gasteiger partial charge is 0.239 e. The van der Waals surface area contributed by atoms with E-state index in [1.165, 1.54) is 6.07 Å². The highest BCUT2D eigenvalue weighted by atomic mass is 32.2. The quantitative estimate of drug-likeness (QED) is 0.818. The van der Waals surface area contributed by atoms with Crippen LogP contribution in [0.5, 0.6) is 0 Å². The van der Waals surface area contributed by atoms with Crippen LogP contribution in [0.15, 0.2) is 58.3 Å². The molecule has 2 rings (SSSR count). The Balaban J connectivity index is 2.67. The van der Waals surface area contributed by atoms with Crippen molar-refractivity contribution >= 4 is 22.7 Å². The summed E-state index contributed by atoms with van der Waals surface area (Å²) in [5.74, 6) is 0. The van der Waals surface area contributed by atoms with Gasteiger partial charge in [0.2, 0.25) is 10.0 Å². The normalized spacial score (nSPS) is 11.4. The summed E-state index contributed by atoms with van der Waals surface area (Å²) in [5, 5.41) is 5.13. The molecule has 0 saturated heterocycles. The summed E-state index contributed by atoms with van der Waals surface area (Å²) in [4.78, 5) is 0.420. The minimum Gasteiger partial charge on any atom is -0.225 e. The van der Waals surface area contributed by atoms with Crippen molar-refractivity contribution in [3.05, 3.63) is 48.5 Å². The predicted octanol–water partition coefficient (Wildman–Crippen LogP) is 2.29. The molecule has 0 atom stereocenters. The molecule has 3 nitrogen and oxygen atoms in total. The summed E-state index contributed by atoms with van der Waals surface area (Å²) in [6, 6.07) is 14.4. The van der Waals surface area contributed by atoms with Gasteiger partial charge in [0.1, 0.15) is 0 Å². The van der Waals surface area contributed by atoms with Crippen LogP contribution < -0.4 is 5.14 Å². The Morgan fingerprint density at radius 1 is 0.941 bits per heavy atom. The van der Waals surface area contributed by atoms with Crippen LogP contribution in [0, 0.1) is 0 Å². The van der Waals surface area contributed by atoms with Crippen molar-refractivity contribution in [2.24, 2.45) is 5.14 Å². The number of hydrogen-bond donors (Lipinski definition) is 2. The van der Waals surface area contributed by atoms with Gasteiger partial charge >= 0.3 is 0 Å². The Morgan fingerprint density at radius 3 is 2.18 bits per heavy atom. The molecule has 0 aromatic heterocycles. The lowest BCUT2D eigenvalue weighted by Gasteiger charge is -2.08. The van der Waals surface area contributed by atoms with Crippen molar-refractivity contribution in [2.45, 2.75) is 9.79 Å². The molecule has 2 aromatic rings. The van der Waals surface area contributed by atoms with Gasteiger partial charge in [0.05, 0.1) is 4.90 Å². The first-order valence-electron chi connectivity index (χ1n) is 4.90. The van der Waals surface area contributed by atoms with E-state index in [2.05, 4.69) is 12.6 Å². The molecule has 17 heavy (non-hydrogen) atoms. The van der Waals surface area contributed by atoms with Gasteiger partial charge in [-0.05, 0) is 17.2 Å². The summed E-state index contributed by atoms with van der Waals surface area (Å²) in [6.45, 7) is 0. The molecular formula is C12H11NO2S2. The van der Waals surface area contributed by atoms with Gasteiger partial charge < -0.3 is 0 Å². The summed E-state index contributed by atoms with van der Waals surface area (Å²) in [5.41, 5.74) is 1.66. The second-order valence-electron chi connectivity index (χ2n) is 3.56. The van der Waals surface area contributed by atoms with E-state index in [1.807, 2.05) is 36.4 Å². The highest BCUT2D eigenvalue weighted by Gasteiger charge is 2.14. The van der Waals surface area contributed by atoms with E-state index in [1.54, 1.807) is 6.07 Å². The van der Waals surface area contributed by atoms with E-state index in [-0.39, 0.29) is 4.90 Å². The molecule has 0 spiro atoms. The molecule has 2 aromatic carbocycles. The third-order valence-electron chi connectivity index (χ3n) is 2.39. The van der Waals surface area contributed by atoms with E-state index >= 15 is 0 Å². The zero-order valence-electron chi connectivity index (χ0n) is 8.87. The number of thiol groups is 1. The molecule has 0 amide bonds. The van der Waals surface area contributed by atoms with E-state index in [9.17, 15) is 8.42 Å². The monoisotopic (exact) mass is 265 g/mol.